The van der Waals surface area contributed by atoms with Crippen LogP contribution in [0.15, 0.2) is 47.0 Å². The summed E-state index contributed by atoms with van der Waals surface area (Å²) in [5.41, 5.74) is 0.992. The standard InChI is InChI=1S/C17H15F3N2OS/c1-11-8-14(22-23-11)9-21-10-15-6-7-16(24-15)12-2-4-13(5-3-12)17(18,19)20/h2-8,21H,9-10H2,1H3. The minimum atomic E-state index is -4.30. The fourth-order valence-electron chi connectivity index (χ4n) is 2.27. The normalized spacial score (nSPS) is 11.8. The topological polar surface area (TPSA) is 38.1 Å². The van der Waals surface area contributed by atoms with Gasteiger partial charge in [-0.25, -0.2) is 0 Å². The van der Waals surface area contributed by atoms with Crippen molar-refractivity contribution in [2.75, 3.05) is 0 Å². The minimum absolute atomic E-state index is 0.602. The van der Waals surface area contributed by atoms with Gasteiger partial charge in [-0.15, -0.1) is 11.3 Å². The van der Waals surface area contributed by atoms with Gasteiger partial charge >= 0.3 is 6.18 Å². The predicted molar refractivity (Wildman–Crippen MR) is 86.5 cm³/mol. The zero-order valence-electron chi connectivity index (χ0n) is 12.9. The van der Waals surface area contributed by atoms with E-state index in [2.05, 4.69) is 10.5 Å². The van der Waals surface area contributed by atoms with E-state index in [0.717, 1.165) is 38.9 Å². The number of nitrogens with zero attached hydrogens (tertiary/aromatic N) is 1. The number of rotatable bonds is 5. The van der Waals surface area contributed by atoms with Gasteiger partial charge in [0, 0.05) is 28.9 Å². The molecule has 1 aromatic carbocycles. The maximum absolute atomic E-state index is 12.6. The molecule has 0 fully saturated rings. The molecule has 0 amide bonds. The maximum Gasteiger partial charge on any atom is 0.416 e. The average Bonchev–Trinajstić information content (AvgIpc) is 3.16. The van der Waals surface area contributed by atoms with Crippen LogP contribution >= 0.6 is 11.3 Å². The molecule has 0 aliphatic heterocycles. The number of hydrogen-bond donors (Lipinski definition) is 1. The van der Waals surface area contributed by atoms with Gasteiger partial charge in [-0.1, -0.05) is 17.3 Å². The highest BCUT2D eigenvalue weighted by molar-refractivity contribution is 7.15. The van der Waals surface area contributed by atoms with Gasteiger partial charge in [-0.2, -0.15) is 13.2 Å². The van der Waals surface area contributed by atoms with Crippen LogP contribution in [-0.4, -0.2) is 5.16 Å². The summed E-state index contributed by atoms with van der Waals surface area (Å²) in [5.74, 6) is 0.771. The van der Waals surface area contributed by atoms with Gasteiger partial charge in [0.2, 0.25) is 0 Å². The van der Waals surface area contributed by atoms with Crippen molar-refractivity contribution in [3.63, 3.8) is 0 Å². The Morgan fingerprint density at radius 1 is 1.08 bits per heavy atom. The first-order valence-electron chi connectivity index (χ1n) is 7.31. The molecular formula is C17H15F3N2OS. The number of nitrogens with one attached hydrogen (secondary N) is 1. The smallest absolute Gasteiger partial charge is 0.361 e. The Morgan fingerprint density at radius 3 is 2.46 bits per heavy atom. The molecule has 2 aromatic heterocycles. The van der Waals surface area contributed by atoms with Gasteiger partial charge in [-0.3, -0.25) is 0 Å². The minimum Gasteiger partial charge on any atom is -0.361 e. The zero-order chi connectivity index (χ0) is 17.2. The average molecular weight is 352 g/mol. The molecule has 3 nitrogen and oxygen atoms in total. The van der Waals surface area contributed by atoms with Crippen LogP contribution in [0.1, 0.15) is 21.9 Å². The van der Waals surface area contributed by atoms with Gasteiger partial charge < -0.3 is 9.84 Å². The van der Waals surface area contributed by atoms with Gasteiger partial charge in [0.15, 0.2) is 0 Å². The number of halogens is 3. The molecule has 0 bridgehead atoms. The van der Waals surface area contributed by atoms with E-state index >= 15 is 0 Å². The lowest BCUT2D eigenvalue weighted by molar-refractivity contribution is -0.137. The molecular weight excluding hydrogens is 337 g/mol. The summed E-state index contributed by atoms with van der Waals surface area (Å²) in [4.78, 5) is 2.04. The van der Waals surface area contributed by atoms with Gasteiger partial charge in [0.05, 0.1) is 11.3 Å². The molecule has 7 heteroatoms. The number of thiophene rings is 1. The van der Waals surface area contributed by atoms with Crippen molar-refractivity contribution >= 4 is 11.3 Å². The lowest BCUT2D eigenvalue weighted by atomic mass is 10.1. The highest BCUT2D eigenvalue weighted by atomic mass is 32.1. The Hall–Kier alpha value is -2.12. The van der Waals surface area contributed by atoms with E-state index in [-0.39, 0.29) is 0 Å². The quantitative estimate of drug-likeness (QED) is 0.701. The molecule has 3 aromatic rings. The third-order valence-corrected chi connectivity index (χ3v) is 4.57. The van der Waals surface area contributed by atoms with Crippen LogP contribution in [0.5, 0.6) is 0 Å². The first-order chi connectivity index (χ1) is 11.4. The summed E-state index contributed by atoms with van der Waals surface area (Å²) < 4.78 is 42.8. The molecule has 0 radical (unpaired) electrons. The first kappa shape index (κ1) is 16.7. The monoisotopic (exact) mass is 352 g/mol. The Morgan fingerprint density at radius 2 is 1.83 bits per heavy atom. The number of alkyl halides is 3. The van der Waals surface area contributed by atoms with Gasteiger partial charge in [0.1, 0.15) is 5.76 Å². The van der Waals surface area contributed by atoms with Crippen LogP contribution in [0.3, 0.4) is 0 Å². The van der Waals surface area contributed by atoms with Crippen molar-refractivity contribution in [1.29, 1.82) is 0 Å². The number of aryl methyl sites for hydroxylation is 1. The van der Waals surface area contributed by atoms with E-state index in [0.29, 0.717) is 13.1 Å². The number of benzene rings is 1. The van der Waals surface area contributed by atoms with Crippen LogP contribution in [0.2, 0.25) is 0 Å². The second-order valence-electron chi connectivity index (χ2n) is 5.37. The highest BCUT2D eigenvalue weighted by Crippen LogP contribution is 2.33. The first-order valence-corrected chi connectivity index (χ1v) is 8.13. The molecule has 0 saturated carbocycles. The summed E-state index contributed by atoms with van der Waals surface area (Å²) in [6.45, 7) is 3.11. The van der Waals surface area contributed by atoms with Crippen molar-refractivity contribution in [2.24, 2.45) is 0 Å². The second kappa shape index (κ2) is 6.78. The van der Waals surface area contributed by atoms with Crippen molar-refractivity contribution in [3.8, 4) is 10.4 Å². The Labute approximate surface area is 141 Å². The number of aromatic nitrogens is 1. The van der Waals surface area contributed by atoms with E-state index in [4.69, 9.17) is 4.52 Å². The molecule has 0 spiro atoms. The molecule has 0 aliphatic carbocycles. The predicted octanol–water partition coefficient (Wildman–Crippen LogP) is 5.02. The Bertz CT molecular complexity index is 806. The SMILES string of the molecule is Cc1cc(CNCc2ccc(-c3ccc(C(F)(F)F)cc3)s2)no1. The molecule has 2 heterocycles. The summed E-state index contributed by atoms with van der Waals surface area (Å²) >= 11 is 1.55. The summed E-state index contributed by atoms with van der Waals surface area (Å²) in [6, 6.07) is 11.0. The third kappa shape index (κ3) is 4.04. The van der Waals surface area contributed by atoms with Crippen molar-refractivity contribution in [3.05, 3.63) is 64.4 Å². The molecule has 0 saturated heterocycles. The summed E-state index contributed by atoms with van der Waals surface area (Å²) in [7, 11) is 0. The van der Waals surface area contributed by atoms with Crippen molar-refractivity contribution in [2.45, 2.75) is 26.2 Å². The lowest BCUT2D eigenvalue weighted by Crippen LogP contribution is -2.11. The molecule has 126 valence electrons. The molecule has 24 heavy (non-hydrogen) atoms. The van der Waals surface area contributed by atoms with Crippen molar-refractivity contribution in [1.82, 2.24) is 10.5 Å². The third-order valence-electron chi connectivity index (χ3n) is 3.44. The van der Waals surface area contributed by atoms with Crippen LogP contribution < -0.4 is 5.32 Å². The van der Waals surface area contributed by atoms with E-state index in [1.807, 2.05) is 25.1 Å². The molecule has 3 rings (SSSR count). The second-order valence-corrected chi connectivity index (χ2v) is 6.54. The largest absolute Gasteiger partial charge is 0.416 e. The summed E-state index contributed by atoms with van der Waals surface area (Å²) in [5, 5.41) is 7.17. The van der Waals surface area contributed by atoms with E-state index in [1.54, 1.807) is 11.3 Å². The van der Waals surface area contributed by atoms with E-state index in [9.17, 15) is 13.2 Å². The molecule has 0 atom stereocenters. The lowest BCUT2D eigenvalue weighted by Gasteiger charge is -2.06. The van der Waals surface area contributed by atoms with E-state index < -0.39 is 11.7 Å². The fraction of sp³-hybridized carbons (Fsp3) is 0.235. The van der Waals surface area contributed by atoms with Gasteiger partial charge in [-0.05, 0) is 36.8 Å². The van der Waals surface area contributed by atoms with Gasteiger partial charge in [0.25, 0.3) is 0 Å². The maximum atomic E-state index is 12.6. The van der Waals surface area contributed by atoms with Crippen LogP contribution in [-0.2, 0) is 19.3 Å². The Balaban J connectivity index is 1.60. The zero-order valence-corrected chi connectivity index (χ0v) is 13.7. The van der Waals surface area contributed by atoms with Crippen LogP contribution in [0.25, 0.3) is 10.4 Å². The molecule has 0 unspecified atom stereocenters. The molecule has 0 aliphatic rings. The van der Waals surface area contributed by atoms with Crippen molar-refractivity contribution < 1.29 is 17.7 Å². The summed E-state index contributed by atoms with van der Waals surface area (Å²) in [6.07, 6.45) is -4.30. The Kier molecular flexibility index (Phi) is 4.73. The molecule has 1 N–H and O–H groups in total. The fourth-order valence-corrected chi connectivity index (χ4v) is 3.25. The van der Waals surface area contributed by atoms with Crippen LogP contribution in [0.4, 0.5) is 13.2 Å². The highest BCUT2D eigenvalue weighted by Gasteiger charge is 2.29. The van der Waals surface area contributed by atoms with Crippen LogP contribution in [0, 0.1) is 6.92 Å². The van der Waals surface area contributed by atoms with E-state index in [1.165, 1.54) is 12.1 Å². The number of hydrogen-bond acceptors (Lipinski definition) is 4.